The summed E-state index contributed by atoms with van der Waals surface area (Å²) in [5, 5.41) is 15.5. The molecule has 0 aliphatic rings. The van der Waals surface area contributed by atoms with Crippen LogP contribution < -0.4 is 20.1 Å². The Kier molecular flexibility index (Phi) is 7.56. The van der Waals surface area contributed by atoms with E-state index >= 15 is 0 Å². The zero-order valence-electron chi connectivity index (χ0n) is 12.8. The largest absolute Gasteiger partial charge is 0.497 e. The van der Waals surface area contributed by atoms with E-state index in [1.165, 1.54) is 0 Å². The minimum atomic E-state index is -0.691. The van der Waals surface area contributed by atoms with Crippen LogP contribution in [0.15, 0.2) is 24.3 Å². The molecule has 1 aromatic rings. The van der Waals surface area contributed by atoms with Crippen LogP contribution in [0.1, 0.15) is 13.8 Å². The highest BCUT2D eigenvalue weighted by molar-refractivity contribution is 5.81. The maximum Gasteiger partial charge on any atom is 0.236 e. The number of hydrogen-bond acceptors (Lipinski definition) is 5. The monoisotopic (exact) mass is 296 g/mol. The molecular formula is C15H24N2O4. The molecule has 6 nitrogen and oxygen atoms in total. The minimum absolute atomic E-state index is 0.0826. The molecule has 0 saturated heterocycles. The van der Waals surface area contributed by atoms with Gasteiger partial charge in [0.2, 0.25) is 5.91 Å². The van der Waals surface area contributed by atoms with Crippen LogP contribution in [-0.2, 0) is 4.79 Å². The summed E-state index contributed by atoms with van der Waals surface area (Å²) in [7, 11) is 1.60. The van der Waals surface area contributed by atoms with E-state index in [9.17, 15) is 9.90 Å². The van der Waals surface area contributed by atoms with Crippen molar-refractivity contribution in [2.45, 2.75) is 26.0 Å². The molecule has 2 atom stereocenters. The van der Waals surface area contributed by atoms with Crippen molar-refractivity contribution in [3.8, 4) is 11.5 Å². The van der Waals surface area contributed by atoms with Crippen molar-refractivity contribution in [3.63, 3.8) is 0 Å². The van der Waals surface area contributed by atoms with E-state index in [0.29, 0.717) is 12.3 Å². The van der Waals surface area contributed by atoms with Crippen molar-refractivity contribution in [2.24, 2.45) is 0 Å². The van der Waals surface area contributed by atoms with Gasteiger partial charge in [-0.15, -0.1) is 0 Å². The molecule has 0 bridgehead atoms. The number of likely N-dealkylation sites (N-methyl/N-ethyl adjacent to an activating group) is 1. The van der Waals surface area contributed by atoms with Crippen LogP contribution in [-0.4, -0.2) is 50.0 Å². The van der Waals surface area contributed by atoms with Gasteiger partial charge < -0.3 is 25.2 Å². The summed E-state index contributed by atoms with van der Waals surface area (Å²) in [5.41, 5.74) is 0. The van der Waals surface area contributed by atoms with Crippen molar-refractivity contribution in [2.75, 3.05) is 26.8 Å². The highest BCUT2D eigenvalue weighted by Gasteiger charge is 2.13. The molecule has 0 heterocycles. The predicted molar refractivity (Wildman–Crippen MR) is 80.6 cm³/mol. The van der Waals surface area contributed by atoms with Gasteiger partial charge in [-0.2, -0.15) is 0 Å². The number of carbonyl (C=O) groups is 1. The smallest absolute Gasteiger partial charge is 0.236 e. The molecule has 2 unspecified atom stereocenters. The third kappa shape index (κ3) is 6.46. The van der Waals surface area contributed by atoms with Crippen molar-refractivity contribution < 1.29 is 19.4 Å². The summed E-state index contributed by atoms with van der Waals surface area (Å²) in [6.07, 6.45) is -0.691. The third-order valence-corrected chi connectivity index (χ3v) is 2.91. The fraction of sp³-hybridized carbons (Fsp3) is 0.533. The molecule has 0 radical (unpaired) electrons. The lowest BCUT2D eigenvalue weighted by Gasteiger charge is -2.17. The molecule has 1 aromatic carbocycles. The highest BCUT2D eigenvalue weighted by Crippen LogP contribution is 2.16. The van der Waals surface area contributed by atoms with Crippen LogP contribution in [0, 0.1) is 0 Å². The topological polar surface area (TPSA) is 79.8 Å². The van der Waals surface area contributed by atoms with Gasteiger partial charge in [0.15, 0.2) is 0 Å². The van der Waals surface area contributed by atoms with Gasteiger partial charge in [0.25, 0.3) is 0 Å². The Balaban J connectivity index is 2.26. The zero-order valence-corrected chi connectivity index (χ0v) is 12.8. The second kappa shape index (κ2) is 9.20. The van der Waals surface area contributed by atoms with Crippen LogP contribution in [0.3, 0.4) is 0 Å². The zero-order chi connectivity index (χ0) is 15.7. The highest BCUT2D eigenvalue weighted by atomic mass is 16.5. The first-order valence-corrected chi connectivity index (χ1v) is 7.02. The molecule has 0 saturated carbocycles. The Hall–Kier alpha value is -1.79. The first-order chi connectivity index (χ1) is 10.1. The number of nitrogens with one attached hydrogen (secondary N) is 2. The molecule has 118 valence electrons. The number of amides is 1. The average Bonchev–Trinajstić information content (AvgIpc) is 2.51. The lowest BCUT2D eigenvalue weighted by molar-refractivity contribution is -0.122. The van der Waals surface area contributed by atoms with Gasteiger partial charge in [0.05, 0.1) is 13.2 Å². The third-order valence-electron chi connectivity index (χ3n) is 2.91. The molecule has 21 heavy (non-hydrogen) atoms. The Morgan fingerprint density at radius 1 is 1.29 bits per heavy atom. The summed E-state index contributed by atoms with van der Waals surface area (Å²) < 4.78 is 10.5. The van der Waals surface area contributed by atoms with E-state index < -0.39 is 6.10 Å². The van der Waals surface area contributed by atoms with E-state index in [1.807, 2.05) is 6.92 Å². The number of benzene rings is 1. The molecule has 6 heteroatoms. The van der Waals surface area contributed by atoms with Gasteiger partial charge in [-0.05, 0) is 38.1 Å². The van der Waals surface area contributed by atoms with Gasteiger partial charge >= 0.3 is 0 Å². The Morgan fingerprint density at radius 2 is 1.90 bits per heavy atom. The summed E-state index contributed by atoms with van der Waals surface area (Å²) in [6.45, 7) is 4.65. The number of carbonyl (C=O) groups excluding carboxylic acids is 1. The average molecular weight is 296 g/mol. The van der Waals surface area contributed by atoms with Crippen LogP contribution >= 0.6 is 0 Å². The molecular weight excluding hydrogens is 272 g/mol. The summed E-state index contributed by atoms with van der Waals surface area (Å²) in [6, 6.07) is 6.78. The van der Waals surface area contributed by atoms with Gasteiger partial charge in [0.1, 0.15) is 24.2 Å². The maximum atomic E-state index is 11.5. The second-order valence-electron chi connectivity index (χ2n) is 4.66. The van der Waals surface area contributed by atoms with Crippen molar-refractivity contribution in [3.05, 3.63) is 24.3 Å². The van der Waals surface area contributed by atoms with E-state index in [0.717, 1.165) is 5.75 Å². The molecule has 3 N–H and O–H groups in total. The molecule has 0 aromatic heterocycles. The van der Waals surface area contributed by atoms with Crippen molar-refractivity contribution >= 4 is 5.91 Å². The molecule has 0 aliphatic carbocycles. The first kappa shape index (κ1) is 17.3. The Labute approximate surface area is 125 Å². The van der Waals surface area contributed by atoms with E-state index in [4.69, 9.17) is 9.47 Å². The number of methoxy groups -OCH3 is 1. The lowest BCUT2D eigenvalue weighted by Crippen LogP contribution is -2.45. The van der Waals surface area contributed by atoms with Gasteiger partial charge in [-0.1, -0.05) is 0 Å². The van der Waals surface area contributed by atoms with E-state index in [-0.39, 0.29) is 25.1 Å². The molecule has 0 fully saturated rings. The number of rotatable bonds is 9. The molecule has 0 spiro atoms. The SMILES string of the molecule is CCNC(=O)C(C)NCC(O)COc1ccc(OC)cc1. The standard InChI is InChI=1S/C15H24N2O4/c1-4-16-15(19)11(2)17-9-12(18)10-21-14-7-5-13(20-3)6-8-14/h5-8,11-12,17-18H,4,9-10H2,1-3H3,(H,16,19). The Morgan fingerprint density at radius 3 is 2.48 bits per heavy atom. The van der Waals surface area contributed by atoms with Gasteiger partial charge in [-0.25, -0.2) is 0 Å². The number of ether oxygens (including phenoxy) is 2. The summed E-state index contributed by atoms with van der Waals surface area (Å²) in [4.78, 5) is 11.5. The lowest BCUT2D eigenvalue weighted by atomic mass is 10.3. The maximum absolute atomic E-state index is 11.5. The fourth-order valence-corrected chi connectivity index (χ4v) is 1.66. The fourth-order valence-electron chi connectivity index (χ4n) is 1.66. The minimum Gasteiger partial charge on any atom is -0.497 e. The summed E-state index contributed by atoms with van der Waals surface area (Å²) >= 11 is 0. The quantitative estimate of drug-likeness (QED) is 0.620. The van der Waals surface area contributed by atoms with Crippen LogP contribution in [0.2, 0.25) is 0 Å². The molecule has 1 rings (SSSR count). The normalized spacial score (nSPS) is 13.3. The van der Waals surface area contributed by atoms with Crippen LogP contribution in [0.5, 0.6) is 11.5 Å². The number of hydrogen-bond donors (Lipinski definition) is 3. The van der Waals surface area contributed by atoms with E-state index in [1.54, 1.807) is 38.3 Å². The van der Waals surface area contributed by atoms with E-state index in [2.05, 4.69) is 10.6 Å². The number of aliphatic hydroxyl groups is 1. The predicted octanol–water partition coefficient (Wildman–Crippen LogP) is 0.549. The van der Waals surface area contributed by atoms with Crippen molar-refractivity contribution in [1.82, 2.24) is 10.6 Å². The van der Waals surface area contributed by atoms with Gasteiger partial charge in [0, 0.05) is 13.1 Å². The Bertz CT molecular complexity index is 422. The van der Waals surface area contributed by atoms with Crippen LogP contribution in [0.25, 0.3) is 0 Å². The summed E-state index contributed by atoms with van der Waals surface area (Å²) in [5.74, 6) is 1.33. The van der Waals surface area contributed by atoms with Gasteiger partial charge in [-0.3, -0.25) is 4.79 Å². The molecule has 0 aliphatic heterocycles. The second-order valence-corrected chi connectivity index (χ2v) is 4.66. The number of aliphatic hydroxyl groups excluding tert-OH is 1. The first-order valence-electron chi connectivity index (χ1n) is 7.02. The van der Waals surface area contributed by atoms with Crippen LogP contribution in [0.4, 0.5) is 0 Å². The van der Waals surface area contributed by atoms with Crippen molar-refractivity contribution in [1.29, 1.82) is 0 Å². The molecule has 1 amide bonds.